The number of likely N-dealkylation sites (tertiary alicyclic amines) is 1. The molecule has 0 unspecified atom stereocenters. The minimum Gasteiger partial charge on any atom is -0.376 e. The van der Waals surface area contributed by atoms with Gasteiger partial charge in [0, 0.05) is 57.9 Å². The van der Waals surface area contributed by atoms with Crippen molar-refractivity contribution in [2.24, 2.45) is 0 Å². The Labute approximate surface area is 195 Å². The minimum absolute atomic E-state index is 0.0129. The number of amides is 2. The predicted octanol–water partition coefficient (Wildman–Crippen LogP) is 2.78. The maximum absolute atomic E-state index is 12.9. The van der Waals surface area contributed by atoms with Crippen LogP contribution in [0.1, 0.15) is 53.9 Å². The molecule has 33 heavy (non-hydrogen) atoms. The van der Waals surface area contributed by atoms with Crippen molar-refractivity contribution in [3.05, 3.63) is 53.4 Å². The molecular weight excluding hydrogens is 420 g/mol. The molecule has 1 N–H and O–H groups in total. The molecule has 2 aliphatic heterocycles. The van der Waals surface area contributed by atoms with Gasteiger partial charge in [0.25, 0.3) is 5.91 Å². The quantitative estimate of drug-likeness (QED) is 0.627. The number of aryl methyl sites for hydroxylation is 1. The Morgan fingerprint density at radius 1 is 1.18 bits per heavy atom. The van der Waals surface area contributed by atoms with Crippen LogP contribution in [-0.2, 0) is 16.1 Å². The van der Waals surface area contributed by atoms with Crippen LogP contribution in [0.15, 0.2) is 40.9 Å². The second kappa shape index (κ2) is 11.4. The molecule has 0 bridgehead atoms. The summed E-state index contributed by atoms with van der Waals surface area (Å²) in [6, 6.07) is 12.3. The van der Waals surface area contributed by atoms with Gasteiger partial charge in [0.1, 0.15) is 5.76 Å². The first kappa shape index (κ1) is 23.4. The molecule has 8 heteroatoms. The number of nitrogens with one attached hydrogen (secondary N) is 1. The topological polar surface area (TPSA) is 87.9 Å². The molecule has 2 aromatic rings. The van der Waals surface area contributed by atoms with E-state index in [1.165, 1.54) is 5.56 Å². The number of rotatable bonds is 9. The molecule has 4 rings (SSSR count). The number of carbonyl (C=O) groups is 2. The first-order chi connectivity index (χ1) is 16.1. The van der Waals surface area contributed by atoms with Crippen molar-refractivity contribution < 1.29 is 18.8 Å². The molecule has 1 atom stereocenters. The SMILES string of the molecule is Cc1cc(C(=O)N(CCC(=O)NC2CCN(Cc3ccccc3)CC2)C[C@@H]2CCCO2)no1. The molecule has 1 aromatic heterocycles. The highest BCUT2D eigenvalue weighted by Crippen LogP contribution is 2.17. The summed E-state index contributed by atoms with van der Waals surface area (Å²) in [6.07, 6.45) is 4.08. The molecule has 8 nitrogen and oxygen atoms in total. The Morgan fingerprint density at radius 2 is 1.97 bits per heavy atom. The van der Waals surface area contributed by atoms with Crippen molar-refractivity contribution in [3.8, 4) is 0 Å². The fourth-order valence-corrected chi connectivity index (χ4v) is 4.55. The number of hydrogen-bond acceptors (Lipinski definition) is 6. The molecule has 0 radical (unpaired) electrons. The van der Waals surface area contributed by atoms with E-state index in [4.69, 9.17) is 9.26 Å². The van der Waals surface area contributed by atoms with Crippen LogP contribution < -0.4 is 5.32 Å². The van der Waals surface area contributed by atoms with Gasteiger partial charge in [-0.05, 0) is 38.2 Å². The summed E-state index contributed by atoms with van der Waals surface area (Å²) in [5.41, 5.74) is 1.59. The lowest BCUT2D eigenvalue weighted by molar-refractivity contribution is -0.122. The number of aromatic nitrogens is 1. The summed E-state index contributed by atoms with van der Waals surface area (Å²) in [4.78, 5) is 29.7. The lowest BCUT2D eigenvalue weighted by Gasteiger charge is -2.32. The molecule has 0 saturated carbocycles. The standard InChI is InChI=1S/C25H34N4O4/c1-19-16-23(27-33-19)25(31)29(18-22-8-5-15-32-22)14-11-24(30)26-21-9-12-28(13-10-21)17-20-6-3-2-4-7-20/h2-4,6-7,16,21-22H,5,8-15,17-18H2,1H3,(H,26,30)/t22-/m0/s1. The number of carbonyl (C=O) groups excluding carboxylic acids is 2. The number of piperidine rings is 1. The third-order valence-corrected chi connectivity index (χ3v) is 6.39. The van der Waals surface area contributed by atoms with E-state index >= 15 is 0 Å². The van der Waals surface area contributed by atoms with Gasteiger partial charge in [-0.1, -0.05) is 35.5 Å². The third kappa shape index (κ3) is 6.88. The monoisotopic (exact) mass is 454 g/mol. The Bertz CT molecular complexity index is 902. The van der Waals surface area contributed by atoms with Gasteiger partial charge in [-0.15, -0.1) is 0 Å². The Balaban J connectivity index is 1.23. The van der Waals surface area contributed by atoms with Crippen molar-refractivity contribution in [2.45, 2.75) is 57.7 Å². The van der Waals surface area contributed by atoms with E-state index in [0.29, 0.717) is 18.8 Å². The molecular formula is C25H34N4O4. The number of nitrogens with zero attached hydrogens (tertiary/aromatic N) is 3. The van der Waals surface area contributed by atoms with Crippen molar-refractivity contribution >= 4 is 11.8 Å². The van der Waals surface area contributed by atoms with Crippen molar-refractivity contribution in [1.29, 1.82) is 0 Å². The van der Waals surface area contributed by atoms with Crippen LogP contribution in [0.25, 0.3) is 0 Å². The minimum atomic E-state index is -0.218. The molecule has 178 valence electrons. The summed E-state index contributed by atoms with van der Waals surface area (Å²) < 4.78 is 10.8. The van der Waals surface area contributed by atoms with E-state index in [9.17, 15) is 9.59 Å². The molecule has 0 aliphatic carbocycles. The Morgan fingerprint density at radius 3 is 2.64 bits per heavy atom. The fraction of sp³-hybridized carbons (Fsp3) is 0.560. The maximum atomic E-state index is 12.9. The van der Waals surface area contributed by atoms with Gasteiger partial charge in [0.15, 0.2) is 5.69 Å². The second-order valence-electron chi connectivity index (χ2n) is 9.06. The lowest BCUT2D eigenvalue weighted by Crippen LogP contribution is -2.45. The molecule has 2 fully saturated rings. The highest BCUT2D eigenvalue weighted by molar-refractivity contribution is 5.92. The Hall–Kier alpha value is -2.71. The molecule has 0 spiro atoms. The number of ether oxygens (including phenoxy) is 1. The smallest absolute Gasteiger partial charge is 0.276 e. The van der Waals surface area contributed by atoms with E-state index in [2.05, 4.69) is 39.6 Å². The van der Waals surface area contributed by atoms with Crippen molar-refractivity contribution in [3.63, 3.8) is 0 Å². The predicted molar refractivity (Wildman–Crippen MR) is 124 cm³/mol. The summed E-state index contributed by atoms with van der Waals surface area (Å²) in [6.45, 7) is 6.17. The number of hydrogen-bond donors (Lipinski definition) is 1. The van der Waals surface area contributed by atoms with E-state index in [1.807, 2.05) is 6.07 Å². The van der Waals surface area contributed by atoms with E-state index in [1.54, 1.807) is 17.9 Å². The van der Waals surface area contributed by atoms with Gasteiger partial charge in [0.05, 0.1) is 6.10 Å². The summed E-state index contributed by atoms with van der Waals surface area (Å²) in [5, 5.41) is 7.02. The molecule has 2 saturated heterocycles. The van der Waals surface area contributed by atoms with Gasteiger partial charge >= 0.3 is 0 Å². The van der Waals surface area contributed by atoms with Crippen LogP contribution in [0, 0.1) is 6.92 Å². The van der Waals surface area contributed by atoms with Gasteiger partial charge in [0.2, 0.25) is 5.91 Å². The van der Waals surface area contributed by atoms with Crippen LogP contribution in [0.4, 0.5) is 0 Å². The second-order valence-corrected chi connectivity index (χ2v) is 9.06. The van der Waals surface area contributed by atoms with E-state index in [0.717, 1.165) is 51.9 Å². The van der Waals surface area contributed by atoms with E-state index in [-0.39, 0.29) is 36.1 Å². The summed E-state index contributed by atoms with van der Waals surface area (Å²) in [7, 11) is 0. The average molecular weight is 455 g/mol. The first-order valence-electron chi connectivity index (χ1n) is 12.0. The van der Waals surface area contributed by atoms with Crippen molar-refractivity contribution in [2.75, 3.05) is 32.8 Å². The Kier molecular flexibility index (Phi) is 8.12. The van der Waals surface area contributed by atoms with E-state index < -0.39 is 0 Å². The molecule has 1 aromatic carbocycles. The van der Waals surface area contributed by atoms with Crippen LogP contribution in [-0.4, -0.2) is 71.7 Å². The zero-order chi connectivity index (χ0) is 23.0. The highest BCUT2D eigenvalue weighted by atomic mass is 16.5. The van der Waals surface area contributed by atoms with Gasteiger partial charge in [-0.3, -0.25) is 14.5 Å². The molecule has 3 heterocycles. The van der Waals surface area contributed by atoms with Crippen molar-refractivity contribution in [1.82, 2.24) is 20.3 Å². The van der Waals surface area contributed by atoms with Gasteiger partial charge in [-0.2, -0.15) is 0 Å². The molecule has 2 aliphatic rings. The summed E-state index contributed by atoms with van der Waals surface area (Å²) in [5.74, 6) is 0.356. The van der Waals surface area contributed by atoms with Crippen LogP contribution >= 0.6 is 0 Å². The normalized spacial score (nSPS) is 19.5. The highest BCUT2D eigenvalue weighted by Gasteiger charge is 2.26. The maximum Gasteiger partial charge on any atom is 0.276 e. The average Bonchev–Trinajstić information content (AvgIpc) is 3.50. The van der Waals surface area contributed by atoms with Crippen LogP contribution in [0.2, 0.25) is 0 Å². The van der Waals surface area contributed by atoms with Gasteiger partial charge in [-0.25, -0.2) is 0 Å². The largest absolute Gasteiger partial charge is 0.376 e. The lowest BCUT2D eigenvalue weighted by atomic mass is 10.0. The molecule has 2 amide bonds. The fourth-order valence-electron chi connectivity index (χ4n) is 4.55. The van der Waals surface area contributed by atoms with Crippen LogP contribution in [0.3, 0.4) is 0 Å². The third-order valence-electron chi connectivity index (χ3n) is 6.39. The zero-order valence-electron chi connectivity index (χ0n) is 19.4. The zero-order valence-corrected chi connectivity index (χ0v) is 19.4. The van der Waals surface area contributed by atoms with Crippen LogP contribution in [0.5, 0.6) is 0 Å². The number of benzene rings is 1. The first-order valence-corrected chi connectivity index (χ1v) is 12.0. The summed E-state index contributed by atoms with van der Waals surface area (Å²) >= 11 is 0. The van der Waals surface area contributed by atoms with Gasteiger partial charge < -0.3 is 19.5 Å².